The number of aliphatic hydroxyl groups is 1. The second-order valence-electron chi connectivity index (χ2n) is 5.31. The zero-order valence-electron chi connectivity index (χ0n) is 10.9. The van der Waals surface area contributed by atoms with Crippen LogP contribution in [0, 0.1) is 12.3 Å². The molecule has 0 fully saturated rings. The van der Waals surface area contributed by atoms with Crippen molar-refractivity contribution in [2.45, 2.75) is 40.2 Å². The third-order valence-electron chi connectivity index (χ3n) is 2.84. The molecule has 0 radical (unpaired) electrons. The molecule has 1 rings (SSSR count). The van der Waals surface area contributed by atoms with Gasteiger partial charge in [0.2, 0.25) is 0 Å². The number of rotatable bonds is 4. The maximum absolute atomic E-state index is 12.0. The van der Waals surface area contributed by atoms with E-state index in [2.05, 4.69) is 15.5 Å². The van der Waals surface area contributed by atoms with E-state index in [4.69, 9.17) is 5.11 Å². The van der Waals surface area contributed by atoms with Crippen LogP contribution in [0.3, 0.4) is 0 Å². The van der Waals surface area contributed by atoms with Gasteiger partial charge < -0.3 is 10.4 Å². The number of H-pyrrole nitrogens is 1. The van der Waals surface area contributed by atoms with Gasteiger partial charge in [0.1, 0.15) is 0 Å². The lowest BCUT2D eigenvalue weighted by Crippen LogP contribution is -2.44. The summed E-state index contributed by atoms with van der Waals surface area (Å²) in [6.45, 7) is 7.98. The van der Waals surface area contributed by atoms with Gasteiger partial charge in [-0.3, -0.25) is 9.89 Å². The van der Waals surface area contributed by atoms with Crippen LogP contribution in [0.4, 0.5) is 0 Å². The monoisotopic (exact) mass is 239 g/mol. The normalized spacial score (nSPS) is 13.5. The summed E-state index contributed by atoms with van der Waals surface area (Å²) in [6, 6.07) is -0.0608. The van der Waals surface area contributed by atoms with Crippen LogP contribution in [0.2, 0.25) is 0 Å². The first kappa shape index (κ1) is 13.7. The Kier molecular flexibility index (Phi) is 4.28. The fraction of sp³-hybridized carbons (Fsp3) is 0.667. The van der Waals surface area contributed by atoms with Crippen LogP contribution < -0.4 is 5.32 Å². The van der Waals surface area contributed by atoms with E-state index in [1.165, 1.54) is 6.20 Å². The third kappa shape index (κ3) is 3.56. The molecule has 0 aliphatic rings. The first-order chi connectivity index (χ1) is 7.86. The minimum absolute atomic E-state index is 0.0608. The van der Waals surface area contributed by atoms with Gasteiger partial charge in [-0.2, -0.15) is 5.10 Å². The molecule has 0 spiro atoms. The molecule has 17 heavy (non-hydrogen) atoms. The molecule has 3 N–H and O–H groups in total. The van der Waals surface area contributed by atoms with Gasteiger partial charge >= 0.3 is 0 Å². The van der Waals surface area contributed by atoms with Gasteiger partial charge in [-0.15, -0.1) is 0 Å². The summed E-state index contributed by atoms with van der Waals surface area (Å²) in [5, 5.41) is 18.5. The van der Waals surface area contributed by atoms with Crippen LogP contribution in [0.1, 0.15) is 43.2 Å². The molecule has 0 aliphatic heterocycles. The highest BCUT2D eigenvalue weighted by molar-refractivity contribution is 5.95. The van der Waals surface area contributed by atoms with Crippen molar-refractivity contribution in [3.63, 3.8) is 0 Å². The van der Waals surface area contributed by atoms with Crippen molar-refractivity contribution < 1.29 is 9.90 Å². The SMILES string of the molecule is Cc1[nH]ncc1C(=O)NC(CCO)C(C)(C)C. The van der Waals surface area contributed by atoms with E-state index in [9.17, 15) is 4.79 Å². The summed E-state index contributed by atoms with van der Waals surface area (Å²) >= 11 is 0. The van der Waals surface area contributed by atoms with Gasteiger partial charge in [0.15, 0.2) is 0 Å². The molecule has 1 atom stereocenters. The van der Waals surface area contributed by atoms with Gasteiger partial charge in [0, 0.05) is 18.3 Å². The average molecular weight is 239 g/mol. The lowest BCUT2D eigenvalue weighted by molar-refractivity contribution is 0.0884. The molecule has 0 saturated heterocycles. The lowest BCUT2D eigenvalue weighted by atomic mass is 9.85. The summed E-state index contributed by atoms with van der Waals surface area (Å²) in [5.41, 5.74) is 1.21. The number of amides is 1. The molecule has 0 saturated carbocycles. The van der Waals surface area contributed by atoms with Crippen molar-refractivity contribution in [2.24, 2.45) is 5.41 Å². The lowest BCUT2D eigenvalue weighted by Gasteiger charge is -2.31. The van der Waals surface area contributed by atoms with E-state index < -0.39 is 0 Å². The fourth-order valence-corrected chi connectivity index (χ4v) is 1.67. The van der Waals surface area contributed by atoms with Crippen molar-refractivity contribution >= 4 is 5.91 Å². The minimum atomic E-state index is -0.148. The second kappa shape index (κ2) is 5.31. The van der Waals surface area contributed by atoms with Crippen molar-refractivity contribution in [3.05, 3.63) is 17.5 Å². The highest BCUT2D eigenvalue weighted by Gasteiger charge is 2.26. The molecule has 0 aromatic carbocycles. The molecule has 5 heteroatoms. The molecular weight excluding hydrogens is 218 g/mol. The standard InChI is InChI=1S/C12H21N3O2/c1-8-9(7-13-15-8)11(17)14-10(5-6-16)12(2,3)4/h7,10,16H,5-6H2,1-4H3,(H,13,15)(H,14,17). The topological polar surface area (TPSA) is 78.0 Å². The minimum Gasteiger partial charge on any atom is -0.396 e. The van der Waals surface area contributed by atoms with E-state index in [1.807, 2.05) is 20.8 Å². The Morgan fingerprint density at radius 2 is 2.24 bits per heavy atom. The molecule has 1 unspecified atom stereocenters. The Morgan fingerprint density at radius 1 is 1.59 bits per heavy atom. The van der Waals surface area contributed by atoms with Crippen LogP contribution in [-0.2, 0) is 0 Å². The van der Waals surface area contributed by atoms with E-state index >= 15 is 0 Å². The van der Waals surface area contributed by atoms with Crippen molar-refractivity contribution in [1.82, 2.24) is 15.5 Å². The average Bonchev–Trinajstić information content (AvgIpc) is 2.62. The first-order valence-electron chi connectivity index (χ1n) is 5.78. The van der Waals surface area contributed by atoms with Crippen molar-refractivity contribution in [1.29, 1.82) is 0 Å². The molecule has 5 nitrogen and oxygen atoms in total. The van der Waals surface area contributed by atoms with E-state index in [0.29, 0.717) is 12.0 Å². The molecule has 1 amide bonds. The number of nitrogens with zero attached hydrogens (tertiary/aromatic N) is 1. The van der Waals surface area contributed by atoms with Gasteiger partial charge in [-0.25, -0.2) is 0 Å². The van der Waals surface area contributed by atoms with E-state index in [1.54, 1.807) is 6.92 Å². The number of aliphatic hydroxyl groups excluding tert-OH is 1. The molecule has 0 bridgehead atoms. The number of nitrogens with one attached hydrogen (secondary N) is 2. The molecule has 1 aromatic rings. The van der Waals surface area contributed by atoms with E-state index in [-0.39, 0.29) is 24.0 Å². The predicted octanol–water partition coefficient (Wildman–Crippen LogP) is 1.25. The van der Waals surface area contributed by atoms with Gasteiger partial charge in [0.05, 0.1) is 11.8 Å². The number of hydrogen-bond donors (Lipinski definition) is 3. The number of aryl methyl sites for hydroxylation is 1. The largest absolute Gasteiger partial charge is 0.396 e. The maximum Gasteiger partial charge on any atom is 0.254 e. The highest BCUT2D eigenvalue weighted by atomic mass is 16.3. The molecule has 1 aromatic heterocycles. The summed E-state index contributed by atoms with van der Waals surface area (Å²) in [5.74, 6) is -0.148. The maximum atomic E-state index is 12.0. The zero-order valence-corrected chi connectivity index (χ0v) is 10.9. The molecule has 96 valence electrons. The Labute approximate surface area is 102 Å². The number of aromatic nitrogens is 2. The number of hydrogen-bond acceptors (Lipinski definition) is 3. The summed E-state index contributed by atoms with van der Waals surface area (Å²) in [7, 11) is 0. The molecule has 0 aliphatic carbocycles. The fourth-order valence-electron chi connectivity index (χ4n) is 1.67. The Bertz CT molecular complexity index is 379. The first-order valence-corrected chi connectivity index (χ1v) is 5.78. The predicted molar refractivity (Wildman–Crippen MR) is 65.7 cm³/mol. The summed E-state index contributed by atoms with van der Waals surface area (Å²) in [6.07, 6.45) is 2.06. The van der Waals surface area contributed by atoms with Crippen LogP contribution in [0.5, 0.6) is 0 Å². The molecular formula is C12H21N3O2. The number of carbonyl (C=O) groups excluding carboxylic acids is 1. The Hall–Kier alpha value is -1.36. The second-order valence-corrected chi connectivity index (χ2v) is 5.31. The van der Waals surface area contributed by atoms with Gasteiger partial charge in [-0.05, 0) is 18.8 Å². The Balaban J connectivity index is 2.75. The van der Waals surface area contributed by atoms with Gasteiger partial charge in [0.25, 0.3) is 5.91 Å². The van der Waals surface area contributed by atoms with Crippen molar-refractivity contribution in [2.75, 3.05) is 6.61 Å². The zero-order chi connectivity index (χ0) is 13.1. The Morgan fingerprint density at radius 3 is 2.65 bits per heavy atom. The van der Waals surface area contributed by atoms with Crippen LogP contribution in [0.15, 0.2) is 6.20 Å². The van der Waals surface area contributed by atoms with Crippen molar-refractivity contribution in [3.8, 4) is 0 Å². The van der Waals surface area contributed by atoms with E-state index in [0.717, 1.165) is 5.69 Å². The van der Waals surface area contributed by atoms with Gasteiger partial charge in [-0.1, -0.05) is 20.8 Å². The quantitative estimate of drug-likeness (QED) is 0.740. The van der Waals surface area contributed by atoms with Crippen LogP contribution >= 0.6 is 0 Å². The number of aromatic amines is 1. The number of carbonyl (C=O) groups is 1. The van der Waals surface area contributed by atoms with Crippen LogP contribution in [-0.4, -0.2) is 33.9 Å². The summed E-state index contributed by atoms with van der Waals surface area (Å²) in [4.78, 5) is 12.0. The van der Waals surface area contributed by atoms with Crippen LogP contribution in [0.25, 0.3) is 0 Å². The highest BCUT2D eigenvalue weighted by Crippen LogP contribution is 2.22. The third-order valence-corrected chi connectivity index (χ3v) is 2.84. The molecule has 1 heterocycles. The smallest absolute Gasteiger partial charge is 0.254 e. The summed E-state index contributed by atoms with van der Waals surface area (Å²) < 4.78 is 0.